The van der Waals surface area contributed by atoms with E-state index in [1.807, 2.05) is 30.3 Å². The van der Waals surface area contributed by atoms with Crippen LogP contribution < -0.4 is 20.1 Å². The van der Waals surface area contributed by atoms with Gasteiger partial charge in [-0.15, -0.1) is 0 Å². The minimum Gasteiger partial charge on any atom is -0.491 e. The number of aliphatic hydroxyl groups excluding tert-OH is 1. The van der Waals surface area contributed by atoms with E-state index in [1.165, 1.54) is 0 Å². The summed E-state index contributed by atoms with van der Waals surface area (Å²) >= 11 is 0. The lowest BCUT2D eigenvalue weighted by Gasteiger charge is -2.14. The summed E-state index contributed by atoms with van der Waals surface area (Å²) in [5, 5.41) is 16.4. The molecule has 0 aliphatic heterocycles. The largest absolute Gasteiger partial charge is 0.491 e. The lowest BCUT2D eigenvalue weighted by atomic mass is 10.3. The van der Waals surface area contributed by atoms with Gasteiger partial charge in [0, 0.05) is 31.0 Å². The van der Waals surface area contributed by atoms with Crippen molar-refractivity contribution in [3.8, 4) is 5.75 Å². The topological polar surface area (TPSA) is 99.7 Å². The molecule has 0 radical (unpaired) electrons. The molecular weight excluding hydrogens is 354 g/mol. The molecule has 8 heteroatoms. The first-order valence-corrected chi connectivity index (χ1v) is 10.2. The Morgan fingerprint density at radius 3 is 2.35 bits per heavy atom. The van der Waals surface area contributed by atoms with Crippen LogP contribution in [0.25, 0.3) is 0 Å². The highest BCUT2D eigenvalue weighted by molar-refractivity contribution is 7.92. The fraction of sp³-hybridized carbons (Fsp3) is 0.333. The van der Waals surface area contributed by atoms with E-state index in [-0.39, 0.29) is 6.61 Å². The van der Waals surface area contributed by atoms with Gasteiger partial charge in [-0.1, -0.05) is 18.2 Å². The maximum atomic E-state index is 11.1. The first-order valence-electron chi connectivity index (χ1n) is 8.31. The second-order valence-electron chi connectivity index (χ2n) is 5.86. The molecule has 0 saturated carbocycles. The van der Waals surface area contributed by atoms with E-state index in [4.69, 9.17) is 4.74 Å². The summed E-state index contributed by atoms with van der Waals surface area (Å²) in [5.74, 6) is 0.564. The Balaban J connectivity index is 1.60. The number of ether oxygens (including phenoxy) is 1. The zero-order valence-corrected chi connectivity index (χ0v) is 15.5. The molecule has 2 rings (SSSR count). The van der Waals surface area contributed by atoms with Crippen molar-refractivity contribution in [2.75, 3.05) is 42.5 Å². The van der Waals surface area contributed by atoms with E-state index in [0.717, 1.165) is 25.0 Å². The minimum atomic E-state index is -3.29. The van der Waals surface area contributed by atoms with Crippen molar-refractivity contribution < 1.29 is 18.3 Å². The second kappa shape index (κ2) is 10.0. The molecule has 0 heterocycles. The van der Waals surface area contributed by atoms with Crippen molar-refractivity contribution in [3.63, 3.8) is 0 Å². The summed E-state index contributed by atoms with van der Waals surface area (Å²) in [6.45, 7) is 2.05. The van der Waals surface area contributed by atoms with Crippen molar-refractivity contribution >= 4 is 21.4 Å². The van der Waals surface area contributed by atoms with Gasteiger partial charge in [-0.2, -0.15) is 0 Å². The van der Waals surface area contributed by atoms with Gasteiger partial charge in [-0.05, 0) is 36.4 Å². The Morgan fingerprint density at radius 1 is 1.00 bits per heavy atom. The van der Waals surface area contributed by atoms with E-state index >= 15 is 0 Å². The molecule has 1 atom stereocenters. The number of sulfonamides is 1. The third-order valence-electron chi connectivity index (χ3n) is 3.38. The highest BCUT2D eigenvalue weighted by atomic mass is 32.2. The standard InChI is InChI=1S/C18H25N3O4S/c1-26(23,24)21-16-7-9-18(10-8-16)25-14-17(22)13-19-11-12-20-15-5-3-2-4-6-15/h2-10,17,19-22H,11-14H2,1H3. The predicted molar refractivity (Wildman–Crippen MR) is 104 cm³/mol. The van der Waals surface area contributed by atoms with E-state index in [0.29, 0.717) is 18.0 Å². The van der Waals surface area contributed by atoms with E-state index in [2.05, 4.69) is 15.4 Å². The molecule has 0 aromatic heterocycles. The summed E-state index contributed by atoms with van der Waals surface area (Å²) < 4.78 is 30.2. The second-order valence-corrected chi connectivity index (χ2v) is 7.61. The summed E-state index contributed by atoms with van der Waals surface area (Å²) in [6.07, 6.45) is 0.455. The van der Waals surface area contributed by atoms with Crippen LogP contribution in [-0.4, -0.2) is 52.1 Å². The van der Waals surface area contributed by atoms with Crippen LogP contribution in [0.5, 0.6) is 5.75 Å². The van der Waals surface area contributed by atoms with Crippen LogP contribution in [0, 0.1) is 0 Å². The molecule has 0 bridgehead atoms. The van der Waals surface area contributed by atoms with Crippen molar-refractivity contribution in [1.29, 1.82) is 0 Å². The number of hydrogen-bond acceptors (Lipinski definition) is 6. The van der Waals surface area contributed by atoms with Crippen molar-refractivity contribution in [1.82, 2.24) is 5.32 Å². The maximum absolute atomic E-state index is 11.1. The number of aliphatic hydroxyl groups is 1. The number of hydrogen-bond donors (Lipinski definition) is 4. The van der Waals surface area contributed by atoms with Gasteiger partial charge in [-0.25, -0.2) is 8.42 Å². The van der Waals surface area contributed by atoms with Crippen molar-refractivity contribution in [3.05, 3.63) is 54.6 Å². The van der Waals surface area contributed by atoms with Gasteiger partial charge >= 0.3 is 0 Å². The zero-order chi connectivity index (χ0) is 18.8. The molecule has 1 unspecified atom stereocenters. The molecule has 2 aromatic carbocycles. The molecule has 7 nitrogen and oxygen atoms in total. The number of para-hydroxylation sites is 1. The van der Waals surface area contributed by atoms with Crippen LogP contribution in [0.2, 0.25) is 0 Å². The maximum Gasteiger partial charge on any atom is 0.229 e. The normalized spacial score (nSPS) is 12.4. The van der Waals surface area contributed by atoms with Gasteiger partial charge < -0.3 is 20.5 Å². The summed E-state index contributed by atoms with van der Waals surface area (Å²) in [6, 6.07) is 16.4. The monoisotopic (exact) mass is 379 g/mol. The molecule has 0 spiro atoms. The van der Waals surface area contributed by atoms with E-state index < -0.39 is 16.1 Å². The number of nitrogens with one attached hydrogen (secondary N) is 3. The van der Waals surface area contributed by atoms with Crippen LogP contribution in [0.4, 0.5) is 11.4 Å². The Morgan fingerprint density at radius 2 is 1.69 bits per heavy atom. The van der Waals surface area contributed by atoms with Gasteiger partial charge in [0.1, 0.15) is 18.5 Å². The fourth-order valence-electron chi connectivity index (χ4n) is 2.20. The molecule has 0 aliphatic carbocycles. The highest BCUT2D eigenvalue weighted by Crippen LogP contribution is 2.16. The lowest BCUT2D eigenvalue weighted by Crippen LogP contribution is -2.34. The Bertz CT molecular complexity index is 752. The van der Waals surface area contributed by atoms with Gasteiger partial charge in [-0.3, -0.25) is 4.72 Å². The SMILES string of the molecule is CS(=O)(=O)Nc1ccc(OCC(O)CNCCNc2ccccc2)cc1. The molecule has 0 amide bonds. The fourth-order valence-corrected chi connectivity index (χ4v) is 2.77. The average molecular weight is 379 g/mol. The van der Waals surface area contributed by atoms with Crippen molar-refractivity contribution in [2.45, 2.75) is 6.10 Å². The van der Waals surface area contributed by atoms with Crippen LogP contribution in [0.15, 0.2) is 54.6 Å². The van der Waals surface area contributed by atoms with Gasteiger partial charge in [0.25, 0.3) is 0 Å². The molecule has 0 fully saturated rings. The summed E-state index contributed by atoms with van der Waals surface area (Å²) in [7, 11) is -3.29. The number of benzene rings is 2. The van der Waals surface area contributed by atoms with Crippen LogP contribution in [0.3, 0.4) is 0 Å². The first-order chi connectivity index (χ1) is 12.4. The molecule has 4 N–H and O–H groups in total. The van der Waals surface area contributed by atoms with Gasteiger partial charge in [0.15, 0.2) is 0 Å². The van der Waals surface area contributed by atoms with E-state index in [1.54, 1.807) is 24.3 Å². The third kappa shape index (κ3) is 8.19. The molecule has 142 valence electrons. The summed E-state index contributed by atoms with van der Waals surface area (Å²) in [5.41, 5.74) is 1.53. The minimum absolute atomic E-state index is 0.151. The Kier molecular flexibility index (Phi) is 7.71. The van der Waals surface area contributed by atoms with Crippen molar-refractivity contribution in [2.24, 2.45) is 0 Å². The molecule has 0 aliphatic rings. The Hall–Kier alpha value is -2.29. The third-order valence-corrected chi connectivity index (χ3v) is 3.99. The molecule has 0 saturated heterocycles. The van der Waals surface area contributed by atoms with Crippen LogP contribution in [-0.2, 0) is 10.0 Å². The van der Waals surface area contributed by atoms with E-state index in [9.17, 15) is 13.5 Å². The average Bonchev–Trinajstić information content (AvgIpc) is 2.60. The van der Waals surface area contributed by atoms with Gasteiger partial charge in [0.2, 0.25) is 10.0 Å². The predicted octanol–water partition coefficient (Wildman–Crippen LogP) is 1.50. The quantitative estimate of drug-likeness (QED) is 0.442. The molecule has 26 heavy (non-hydrogen) atoms. The lowest BCUT2D eigenvalue weighted by molar-refractivity contribution is 0.107. The first kappa shape index (κ1) is 20.0. The van der Waals surface area contributed by atoms with Gasteiger partial charge in [0.05, 0.1) is 6.26 Å². The zero-order valence-electron chi connectivity index (χ0n) is 14.7. The summed E-state index contributed by atoms with van der Waals surface area (Å²) in [4.78, 5) is 0. The Labute approximate surface area is 154 Å². The van der Waals surface area contributed by atoms with Crippen LogP contribution in [0.1, 0.15) is 0 Å². The molecular formula is C18H25N3O4S. The highest BCUT2D eigenvalue weighted by Gasteiger charge is 2.06. The molecule has 2 aromatic rings. The number of anilines is 2. The number of rotatable bonds is 11. The smallest absolute Gasteiger partial charge is 0.229 e. The van der Waals surface area contributed by atoms with Crippen LogP contribution >= 0.6 is 0 Å².